The SMILES string of the molecule is CCC(N)c1ccc(N(C)C(C)CO)cn1. The number of hydrogen-bond donors (Lipinski definition) is 2. The van der Waals surface area contributed by atoms with Crippen molar-refractivity contribution in [3.8, 4) is 0 Å². The summed E-state index contributed by atoms with van der Waals surface area (Å²) < 4.78 is 0. The maximum atomic E-state index is 9.07. The molecular weight excluding hydrogens is 202 g/mol. The molecule has 0 amide bonds. The first-order valence-electron chi connectivity index (χ1n) is 5.65. The normalized spacial score (nSPS) is 14.6. The molecule has 0 bridgehead atoms. The van der Waals surface area contributed by atoms with Crippen LogP contribution in [0.1, 0.15) is 32.0 Å². The van der Waals surface area contributed by atoms with Gasteiger partial charge in [0, 0.05) is 19.1 Å². The van der Waals surface area contributed by atoms with Gasteiger partial charge in [-0.05, 0) is 25.5 Å². The molecule has 1 heterocycles. The summed E-state index contributed by atoms with van der Waals surface area (Å²) in [6.07, 6.45) is 2.69. The van der Waals surface area contributed by atoms with Crippen LogP contribution in [0.3, 0.4) is 0 Å². The van der Waals surface area contributed by atoms with Gasteiger partial charge < -0.3 is 15.7 Å². The van der Waals surface area contributed by atoms with Gasteiger partial charge in [0.15, 0.2) is 0 Å². The molecule has 0 aliphatic heterocycles. The maximum absolute atomic E-state index is 9.07. The smallest absolute Gasteiger partial charge is 0.0632 e. The number of aliphatic hydroxyl groups is 1. The summed E-state index contributed by atoms with van der Waals surface area (Å²) in [4.78, 5) is 6.33. The molecular formula is C12H21N3O. The fourth-order valence-corrected chi connectivity index (χ4v) is 1.41. The largest absolute Gasteiger partial charge is 0.394 e. The number of pyridine rings is 1. The molecule has 3 N–H and O–H groups in total. The van der Waals surface area contributed by atoms with Gasteiger partial charge in [0.25, 0.3) is 0 Å². The van der Waals surface area contributed by atoms with Crippen molar-refractivity contribution in [3.63, 3.8) is 0 Å². The van der Waals surface area contributed by atoms with E-state index in [0.29, 0.717) is 0 Å². The third-order valence-corrected chi connectivity index (χ3v) is 2.92. The molecule has 0 spiro atoms. The summed E-state index contributed by atoms with van der Waals surface area (Å²) in [5.41, 5.74) is 7.80. The standard InChI is InChI=1S/C12H21N3O/c1-4-11(13)12-6-5-10(7-14-12)15(3)9(2)8-16/h5-7,9,11,16H,4,8,13H2,1-3H3. The predicted octanol–water partition coefficient (Wildman–Crippen LogP) is 1.31. The number of hydrogen-bond acceptors (Lipinski definition) is 4. The Morgan fingerprint density at radius 3 is 2.62 bits per heavy atom. The van der Waals surface area contributed by atoms with E-state index in [2.05, 4.69) is 4.98 Å². The van der Waals surface area contributed by atoms with Crippen molar-refractivity contribution < 1.29 is 5.11 Å². The molecule has 2 unspecified atom stereocenters. The Morgan fingerprint density at radius 2 is 2.19 bits per heavy atom. The van der Waals surface area contributed by atoms with Gasteiger partial charge in [-0.25, -0.2) is 0 Å². The summed E-state index contributed by atoms with van der Waals surface area (Å²) >= 11 is 0. The van der Waals surface area contributed by atoms with Crippen molar-refractivity contribution in [1.29, 1.82) is 0 Å². The molecule has 0 aliphatic rings. The van der Waals surface area contributed by atoms with E-state index in [4.69, 9.17) is 10.8 Å². The van der Waals surface area contributed by atoms with Crippen LogP contribution in [0, 0.1) is 0 Å². The minimum absolute atomic E-state index is 0.00891. The maximum Gasteiger partial charge on any atom is 0.0632 e. The van der Waals surface area contributed by atoms with Crippen LogP contribution >= 0.6 is 0 Å². The van der Waals surface area contributed by atoms with Gasteiger partial charge in [0.2, 0.25) is 0 Å². The van der Waals surface area contributed by atoms with Gasteiger partial charge in [-0.3, -0.25) is 4.98 Å². The van der Waals surface area contributed by atoms with Gasteiger partial charge in [-0.1, -0.05) is 6.92 Å². The summed E-state index contributed by atoms with van der Waals surface area (Å²) in [7, 11) is 1.94. The molecule has 4 nitrogen and oxygen atoms in total. The molecule has 1 rings (SSSR count). The minimum atomic E-state index is 0.00891. The Hall–Kier alpha value is -1.13. The zero-order valence-electron chi connectivity index (χ0n) is 10.2. The third-order valence-electron chi connectivity index (χ3n) is 2.92. The number of aliphatic hydroxyl groups excluding tert-OH is 1. The Labute approximate surface area is 97.1 Å². The molecule has 1 aromatic heterocycles. The zero-order chi connectivity index (χ0) is 12.1. The predicted molar refractivity (Wildman–Crippen MR) is 66.4 cm³/mol. The topological polar surface area (TPSA) is 62.4 Å². The average Bonchev–Trinajstić information content (AvgIpc) is 2.36. The van der Waals surface area contributed by atoms with Gasteiger partial charge in [-0.2, -0.15) is 0 Å². The first-order valence-corrected chi connectivity index (χ1v) is 5.65. The zero-order valence-corrected chi connectivity index (χ0v) is 10.2. The molecule has 0 aliphatic carbocycles. The Morgan fingerprint density at radius 1 is 1.50 bits per heavy atom. The summed E-state index contributed by atoms with van der Waals surface area (Å²) in [5.74, 6) is 0. The van der Waals surface area contributed by atoms with E-state index in [9.17, 15) is 0 Å². The molecule has 4 heteroatoms. The second kappa shape index (κ2) is 5.82. The highest BCUT2D eigenvalue weighted by molar-refractivity contribution is 5.44. The summed E-state index contributed by atoms with van der Waals surface area (Å²) in [6, 6.07) is 4.04. The molecule has 2 atom stereocenters. The molecule has 0 saturated carbocycles. The highest BCUT2D eigenvalue weighted by Gasteiger charge is 2.10. The quantitative estimate of drug-likeness (QED) is 0.790. The number of anilines is 1. The van der Waals surface area contributed by atoms with Crippen molar-refractivity contribution in [3.05, 3.63) is 24.0 Å². The highest BCUT2D eigenvalue weighted by Crippen LogP contribution is 2.17. The molecule has 0 radical (unpaired) electrons. The summed E-state index contributed by atoms with van der Waals surface area (Å²) in [6.45, 7) is 4.14. The van der Waals surface area contributed by atoms with Crippen LogP contribution in [-0.2, 0) is 0 Å². The first kappa shape index (κ1) is 12.9. The minimum Gasteiger partial charge on any atom is -0.394 e. The van der Waals surface area contributed by atoms with Gasteiger partial charge in [0.05, 0.1) is 24.2 Å². The number of nitrogens with zero attached hydrogens (tertiary/aromatic N) is 2. The van der Waals surface area contributed by atoms with Crippen molar-refractivity contribution in [1.82, 2.24) is 4.98 Å². The number of rotatable bonds is 5. The van der Waals surface area contributed by atoms with Crippen LogP contribution in [0.15, 0.2) is 18.3 Å². The van der Waals surface area contributed by atoms with Crippen LogP contribution in [0.5, 0.6) is 0 Å². The van der Waals surface area contributed by atoms with Gasteiger partial charge in [0.1, 0.15) is 0 Å². The Balaban J connectivity index is 2.78. The van der Waals surface area contributed by atoms with Crippen molar-refractivity contribution >= 4 is 5.69 Å². The van der Waals surface area contributed by atoms with Crippen LogP contribution < -0.4 is 10.6 Å². The number of likely N-dealkylation sites (N-methyl/N-ethyl adjacent to an activating group) is 1. The van der Waals surface area contributed by atoms with Crippen LogP contribution in [0.2, 0.25) is 0 Å². The van der Waals surface area contributed by atoms with Crippen molar-refractivity contribution in [2.45, 2.75) is 32.4 Å². The third kappa shape index (κ3) is 2.93. The second-order valence-electron chi connectivity index (χ2n) is 4.10. The number of aromatic nitrogens is 1. The van der Waals surface area contributed by atoms with Gasteiger partial charge in [-0.15, -0.1) is 0 Å². The lowest BCUT2D eigenvalue weighted by Gasteiger charge is -2.25. The van der Waals surface area contributed by atoms with E-state index < -0.39 is 0 Å². The van der Waals surface area contributed by atoms with E-state index in [-0.39, 0.29) is 18.7 Å². The fraction of sp³-hybridized carbons (Fsp3) is 0.583. The Bertz CT molecular complexity index is 313. The summed E-state index contributed by atoms with van der Waals surface area (Å²) in [5, 5.41) is 9.07. The molecule has 0 saturated heterocycles. The lowest BCUT2D eigenvalue weighted by molar-refractivity contribution is 0.270. The van der Waals surface area contributed by atoms with E-state index in [1.54, 1.807) is 6.20 Å². The van der Waals surface area contributed by atoms with Crippen LogP contribution in [-0.4, -0.2) is 29.8 Å². The van der Waals surface area contributed by atoms with E-state index >= 15 is 0 Å². The molecule has 0 fully saturated rings. The van der Waals surface area contributed by atoms with E-state index in [1.165, 1.54) is 0 Å². The molecule has 90 valence electrons. The first-order chi connectivity index (χ1) is 7.60. The monoisotopic (exact) mass is 223 g/mol. The Kier molecular flexibility index (Phi) is 4.71. The van der Waals surface area contributed by atoms with E-state index in [1.807, 2.05) is 37.9 Å². The van der Waals surface area contributed by atoms with Crippen molar-refractivity contribution in [2.24, 2.45) is 5.73 Å². The average molecular weight is 223 g/mol. The molecule has 1 aromatic rings. The van der Waals surface area contributed by atoms with Crippen molar-refractivity contribution in [2.75, 3.05) is 18.6 Å². The molecule has 0 aromatic carbocycles. The lowest BCUT2D eigenvalue weighted by Crippen LogP contribution is -2.31. The number of nitrogens with two attached hydrogens (primary N) is 1. The van der Waals surface area contributed by atoms with E-state index in [0.717, 1.165) is 17.8 Å². The van der Waals surface area contributed by atoms with Gasteiger partial charge >= 0.3 is 0 Å². The molecule has 16 heavy (non-hydrogen) atoms. The lowest BCUT2D eigenvalue weighted by atomic mass is 10.1. The van der Waals surface area contributed by atoms with Crippen LogP contribution in [0.4, 0.5) is 5.69 Å². The second-order valence-corrected chi connectivity index (χ2v) is 4.10. The fourth-order valence-electron chi connectivity index (χ4n) is 1.41. The highest BCUT2D eigenvalue weighted by atomic mass is 16.3. The van der Waals surface area contributed by atoms with Crippen LogP contribution in [0.25, 0.3) is 0 Å².